The van der Waals surface area contributed by atoms with Crippen molar-refractivity contribution in [1.29, 1.82) is 0 Å². The van der Waals surface area contributed by atoms with Crippen LogP contribution in [0.15, 0.2) is 24.3 Å². The highest BCUT2D eigenvalue weighted by molar-refractivity contribution is 7.93. The number of anilines is 1. The van der Waals surface area contributed by atoms with Crippen LogP contribution >= 0.6 is 0 Å². The topological polar surface area (TPSA) is 90.4 Å². The van der Waals surface area contributed by atoms with Gasteiger partial charge in [-0.05, 0) is 11.6 Å². The maximum absolute atomic E-state index is 14.0. The standard InChI is InChI=1S/C14H14F3N3O4S/c1-23-11-7-12(24-2)19-10(18-11)6-8-4-3-5-9(15)13(8)20-25(21,22)14(16)17/h3-5,7,14,20H,6H2,1-2H3. The molecule has 0 aliphatic heterocycles. The summed E-state index contributed by atoms with van der Waals surface area (Å²) in [5.74, 6) is -4.23. The van der Waals surface area contributed by atoms with Gasteiger partial charge >= 0.3 is 5.76 Å². The number of hydrogen-bond donors (Lipinski definition) is 1. The van der Waals surface area contributed by atoms with Gasteiger partial charge in [0.05, 0.1) is 26.0 Å². The second-order valence-corrected chi connectivity index (χ2v) is 6.38. The van der Waals surface area contributed by atoms with E-state index in [-0.39, 0.29) is 29.6 Å². The second kappa shape index (κ2) is 7.55. The average Bonchev–Trinajstić information content (AvgIpc) is 2.57. The monoisotopic (exact) mass is 377 g/mol. The lowest BCUT2D eigenvalue weighted by Crippen LogP contribution is -2.22. The van der Waals surface area contributed by atoms with Gasteiger partial charge in [0.2, 0.25) is 11.8 Å². The maximum Gasteiger partial charge on any atom is 0.355 e. The predicted molar refractivity (Wildman–Crippen MR) is 82.9 cm³/mol. The van der Waals surface area contributed by atoms with Crippen molar-refractivity contribution < 1.29 is 31.1 Å². The molecule has 0 radical (unpaired) electrons. The molecule has 25 heavy (non-hydrogen) atoms. The zero-order valence-electron chi connectivity index (χ0n) is 13.2. The number of ether oxygens (including phenoxy) is 2. The first-order valence-corrected chi connectivity index (χ1v) is 8.34. The third kappa shape index (κ3) is 4.50. The average molecular weight is 377 g/mol. The summed E-state index contributed by atoms with van der Waals surface area (Å²) in [6.45, 7) is 0. The highest BCUT2D eigenvalue weighted by atomic mass is 32.2. The molecule has 1 aromatic carbocycles. The first-order valence-electron chi connectivity index (χ1n) is 6.80. The Morgan fingerprint density at radius 3 is 2.28 bits per heavy atom. The molecule has 136 valence electrons. The van der Waals surface area contributed by atoms with Crippen molar-refractivity contribution in [2.75, 3.05) is 18.9 Å². The van der Waals surface area contributed by atoms with Gasteiger partial charge in [0, 0.05) is 6.42 Å². The highest BCUT2D eigenvalue weighted by Crippen LogP contribution is 2.25. The van der Waals surface area contributed by atoms with E-state index >= 15 is 0 Å². The van der Waals surface area contributed by atoms with Crippen LogP contribution in [0, 0.1) is 5.82 Å². The van der Waals surface area contributed by atoms with Crippen molar-refractivity contribution in [3.63, 3.8) is 0 Å². The lowest BCUT2D eigenvalue weighted by molar-refractivity contribution is 0.236. The quantitative estimate of drug-likeness (QED) is 0.796. The molecule has 0 amide bonds. The molecule has 0 aliphatic rings. The first kappa shape index (κ1) is 18.8. The number of halogens is 3. The summed E-state index contributed by atoms with van der Waals surface area (Å²) in [4.78, 5) is 8.07. The fourth-order valence-electron chi connectivity index (χ4n) is 1.93. The SMILES string of the molecule is COc1cc(OC)nc(Cc2cccc(F)c2NS(=O)(=O)C(F)F)n1. The van der Waals surface area contributed by atoms with E-state index in [4.69, 9.17) is 9.47 Å². The van der Waals surface area contributed by atoms with Crippen LogP contribution in [0.4, 0.5) is 18.9 Å². The van der Waals surface area contributed by atoms with Crippen molar-refractivity contribution in [2.45, 2.75) is 12.2 Å². The van der Waals surface area contributed by atoms with E-state index in [0.29, 0.717) is 0 Å². The van der Waals surface area contributed by atoms with E-state index in [1.54, 1.807) is 4.72 Å². The molecular weight excluding hydrogens is 363 g/mol. The zero-order chi connectivity index (χ0) is 18.6. The Kier molecular flexibility index (Phi) is 5.67. The number of para-hydroxylation sites is 1. The molecule has 0 saturated heterocycles. The molecule has 0 fully saturated rings. The van der Waals surface area contributed by atoms with Gasteiger partial charge in [0.25, 0.3) is 10.0 Å². The number of rotatable bonds is 7. The molecule has 1 heterocycles. The number of nitrogens with one attached hydrogen (secondary N) is 1. The summed E-state index contributed by atoms with van der Waals surface area (Å²) >= 11 is 0. The molecule has 0 saturated carbocycles. The van der Waals surface area contributed by atoms with Crippen molar-refractivity contribution in [3.05, 3.63) is 41.5 Å². The van der Waals surface area contributed by atoms with Crippen molar-refractivity contribution in [1.82, 2.24) is 9.97 Å². The summed E-state index contributed by atoms with van der Waals surface area (Å²) in [5.41, 5.74) is -0.521. The minimum atomic E-state index is -5.03. The minimum absolute atomic E-state index is 0.0690. The van der Waals surface area contributed by atoms with Gasteiger partial charge in [-0.2, -0.15) is 18.7 Å². The normalized spacial score (nSPS) is 11.4. The van der Waals surface area contributed by atoms with Crippen LogP contribution in [0.3, 0.4) is 0 Å². The van der Waals surface area contributed by atoms with Crippen LogP contribution < -0.4 is 14.2 Å². The Morgan fingerprint density at radius 1 is 1.16 bits per heavy atom. The van der Waals surface area contributed by atoms with Crippen LogP contribution in [-0.4, -0.2) is 38.4 Å². The number of aromatic nitrogens is 2. The Morgan fingerprint density at radius 2 is 1.76 bits per heavy atom. The van der Waals surface area contributed by atoms with E-state index < -0.39 is 27.3 Å². The lowest BCUT2D eigenvalue weighted by atomic mass is 10.1. The molecule has 1 aromatic heterocycles. The zero-order valence-corrected chi connectivity index (χ0v) is 14.0. The first-order chi connectivity index (χ1) is 11.8. The van der Waals surface area contributed by atoms with E-state index in [1.807, 2.05) is 0 Å². The molecule has 2 aromatic rings. The number of hydrogen-bond acceptors (Lipinski definition) is 6. The summed E-state index contributed by atoms with van der Waals surface area (Å²) < 4.78 is 73.3. The summed E-state index contributed by atoms with van der Waals surface area (Å²) in [6, 6.07) is 5.03. The third-order valence-electron chi connectivity index (χ3n) is 3.07. The molecule has 11 heteroatoms. The Bertz CT molecular complexity index is 840. The van der Waals surface area contributed by atoms with E-state index in [1.165, 1.54) is 32.4 Å². The molecule has 7 nitrogen and oxygen atoms in total. The Hall–Kier alpha value is -2.56. The number of benzene rings is 1. The van der Waals surface area contributed by atoms with Gasteiger partial charge in [-0.25, -0.2) is 12.8 Å². The van der Waals surface area contributed by atoms with Crippen LogP contribution in [0.2, 0.25) is 0 Å². The lowest BCUT2D eigenvalue weighted by Gasteiger charge is -2.13. The number of sulfonamides is 1. The smallest absolute Gasteiger partial charge is 0.355 e. The molecule has 0 atom stereocenters. The summed E-state index contributed by atoms with van der Waals surface area (Å²) in [7, 11) is -2.29. The molecule has 2 rings (SSSR count). The minimum Gasteiger partial charge on any atom is -0.481 e. The van der Waals surface area contributed by atoms with Crippen molar-refractivity contribution in [2.24, 2.45) is 0 Å². The van der Waals surface area contributed by atoms with Crippen LogP contribution in [0.5, 0.6) is 11.8 Å². The largest absolute Gasteiger partial charge is 0.481 e. The van der Waals surface area contributed by atoms with Gasteiger partial charge in [-0.15, -0.1) is 0 Å². The van der Waals surface area contributed by atoms with Gasteiger partial charge in [-0.1, -0.05) is 12.1 Å². The van der Waals surface area contributed by atoms with Gasteiger partial charge in [0.15, 0.2) is 0 Å². The van der Waals surface area contributed by atoms with Gasteiger partial charge < -0.3 is 9.47 Å². The fourth-order valence-corrected chi connectivity index (χ4v) is 2.53. The highest BCUT2D eigenvalue weighted by Gasteiger charge is 2.26. The van der Waals surface area contributed by atoms with E-state index in [2.05, 4.69) is 9.97 Å². The van der Waals surface area contributed by atoms with Crippen LogP contribution in [0.25, 0.3) is 0 Å². The van der Waals surface area contributed by atoms with Gasteiger partial charge in [0.1, 0.15) is 11.6 Å². The van der Waals surface area contributed by atoms with E-state index in [0.717, 1.165) is 6.07 Å². The summed E-state index contributed by atoms with van der Waals surface area (Å²) in [5, 5.41) is 0. The maximum atomic E-state index is 14.0. The number of nitrogens with zero attached hydrogens (tertiary/aromatic N) is 2. The van der Waals surface area contributed by atoms with E-state index in [9.17, 15) is 21.6 Å². The van der Waals surface area contributed by atoms with Gasteiger partial charge in [-0.3, -0.25) is 4.72 Å². The third-order valence-corrected chi connectivity index (χ3v) is 4.03. The molecule has 0 aliphatic carbocycles. The molecule has 0 spiro atoms. The predicted octanol–water partition coefficient (Wildman–Crippen LogP) is 2.19. The van der Waals surface area contributed by atoms with Crippen molar-refractivity contribution in [3.8, 4) is 11.8 Å². The van der Waals surface area contributed by atoms with Crippen LogP contribution in [-0.2, 0) is 16.4 Å². The Balaban J connectivity index is 2.43. The molecular formula is C14H14F3N3O4S. The molecule has 1 N–H and O–H groups in total. The Labute approximate surface area is 141 Å². The molecule has 0 unspecified atom stereocenters. The number of methoxy groups -OCH3 is 2. The second-order valence-electron chi connectivity index (χ2n) is 4.73. The van der Waals surface area contributed by atoms with Crippen molar-refractivity contribution >= 4 is 15.7 Å². The molecule has 0 bridgehead atoms. The number of alkyl halides is 2. The van der Waals surface area contributed by atoms with Crippen LogP contribution in [0.1, 0.15) is 11.4 Å². The summed E-state index contributed by atoms with van der Waals surface area (Å²) in [6.07, 6.45) is -0.146. The fraction of sp³-hybridized carbons (Fsp3) is 0.286.